The number of rotatable bonds is 42. The lowest BCUT2D eigenvalue weighted by atomic mass is 9.91. The number of amides is 9. The van der Waals surface area contributed by atoms with Crippen molar-refractivity contribution in [2.75, 3.05) is 13.1 Å². The third-order valence-electron chi connectivity index (χ3n) is 14.9. The van der Waals surface area contributed by atoms with E-state index in [0.29, 0.717) is 13.0 Å². The zero-order valence-electron chi connectivity index (χ0n) is 53.9. The van der Waals surface area contributed by atoms with Gasteiger partial charge in [-0.2, -0.15) is 0 Å². The van der Waals surface area contributed by atoms with Crippen LogP contribution in [0.4, 0.5) is 0 Å². The van der Waals surface area contributed by atoms with E-state index in [1.807, 2.05) is 48.5 Å². The third-order valence-corrected chi connectivity index (χ3v) is 15.6. The molecule has 1 unspecified atom stereocenters. The number of aliphatic carboxylic acids is 3. The minimum absolute atomic E-state index is 0.0217. The second-order valence-electron chi connectivity index (χ2n) is 25.9. The smallest absolute Gasteiger partial charge is 0.305 e. The fourth-order valence-corrected chi connectivity index (χ4v) is 11.1. The van der Waals surface area contributed by atoms with Gasteiger partial charge < -0.3 is 85.4 Å². The highest BCUT2D eigenvalue weighted by Crippen LogP contribution is 2.22. The number of nitrogens with one attached hydrogen (secondary N) is 10. The minimum atomic E-state index is -1.31. The summed E-state index contributed by atoms with van der Waals surface area (Å²) in [6.45, 7) is 13.5. The van der Waals surface area contributed by atoms with Gasteiger partial charge in [0.25, 0.3) is 0 Å². The van der Waals surface area contributed by atoms with Crippen LogP contribution in [0, 0.1) is 3.57 Å². The van der Waals surface area contributed by atoms with Crippen LogP contribution in [-0.4, -0.2) is 163 Å². The predicted octanol–water partition coefficient (Wildman–Crippen LogP) is 1.91. The van der Waals surface area contributed by atoms with Crippen molar-refractivity contribution in [3.8, 4) is 0 Å². The lowest BCUT2D eigenvalue weighted by Crippen LogP contribution is -2.54. The number of aromatic amines is 1. The van der Waals surface area contributed by atoms with Crippen LogP contribution >= 0.6 is 22.6 Å². The second-order valence-corrected chi connectivity index (χ2v) is 27.2. The van der Waals surface area contributed by atoms with Crippen LogP contribution in [0.25, 0.3) is 10.9 Å². The van der Waals surface area contributed by atoms with Crippen molar-refractivity contribution in [2.45, 2.75) is 223 Å². The molecular formula is C63H96IN13O15. The Morgan fingerprint density at radius 2 is 0.870 bits per heavy atom. The lowest BCUT2D eigenvalue weighted by molar-refractivity contribution is -0.141. The molecule has 510 valence electrons. The van der Waals surface area contributed by atoms with E-state index in [9.17, 15) is 72.9 Å². The van der Waals surface area contributed by atoms with Gasteiger partial charge in [-0.05, 0) is 146 Å². The van der Waals surface area contributed by atoms with E-state index in [2.05, 4.69) is 75.4 Å². The predicted molar refractivity (Wildman–Crippen MR) is 352 cm³/mol. The summed E-state index contributed by atoms with van der Waals surface area (Å²) in [5.41, 5.74) is 15.3. The van der Waals surface area contributed by atoms with E-state index < -0.39 is 149 Å². The van der Waals surface area contributed by atoms with Gasteiger partial charge in [0, 0.05) is 137 Å². The van der Waals surface area contributed by atoms with Crippen molar-refractivity contribution in [3.63, 3.8) is 0 Å². The van der Waals surface area contributed by atoms with Crippen LogP contribution < -0.4 is 65.1 Å². The molecule has 9 amide bonds. The van der Waals surface area contributed by atoms with Crippen LogP contribution in [0.2, 0.25) is 0 Å². The van der Waals surface area contributed by atoms with Crippen molar-refractivity contribution in [1.29, 1.82) is 0 Å². The van der Waals surface area contributed by atoms with Gasteiger partial charge in [-0.1, -0.05) is 37.3 Å². The topological polar surface area (TPSA) is 468 Å². The Bertz CT molecular complexity index is 3030. The maximum Gasteiger partial charge on any atom is 0.305 e. The van der Waals surface area contributed by atoms with Crippen LogP contribution in [0.5, 0.6) is 0 Å². The highest BCUT2D eigenvalue weighted by atomic mass is 127. The number of carbonyl (C=O) groups excluding carboxylic acids is 9. The van der Waals surface area contributed by atoms with Crippen LogP contribution in [0.15, 0.2) is 54.7 Å². The largest absolute Gasteiger partial charge is 0.481 e. The maximum atomic E-state index is 13.9. The van der Waals surface area contributed by atoms with Crippen LogP contribution in [0.1, 0.15) is 163 Å². The molecule has 0 aliphatic carbocycles. The Morgan fingerprint density at radius 3 is 1.36 bits per heavy atom. The molecule has 0 saturated carbocycles. The van der Waals surface area contributed by atoms with Gasteiger partial charge in [-0.3, -0.25) is 57.5 Å². The number of carbonyl (C=O) groups is 12. The summed E-state index contributed by atoms with van der Waals surface area (Å²) in [6.07, 6.45) is -1.22. The first-order valence-electron chi connectivity index (χ1n) is 30.7. The number of carboxylic acid groups (broad SMARTS) is 3. The molecule has 0 spiro atoms. The Balaban J connectivity index is 1.66. The van der Waals surface area contributed by atoms with Crippen molar-refractivity contribution in [2.24, 2.45) is 17.2 Å². The maximum absolute atomic E-state index is 13.9. The molecule has 3 aromatic rings. The van der Waals surface area contributed by atoms with Gasteiger partial charge >= 0.3 is 17.9 Å². The summed E-state index contributed by atoms with van der Waals surface area (Å²) in [5.74, 6) is -8.90. The number of para-hydroxylation sites is 1. The lowest BCUT2D eigenvalue weighted by Gasteiger charge is -2.33. The average molecular weight is 1400 g/mol. The molecule has 0 aliphatic heterocycles. The van der Waals surface area contributed by atoms with E-state index in [-0.39, 0.29) is 89.5 Å². The number of fused-ring (bicyclic) bond motifs is 1. The molecule has 2 aromatic carbocycles. The molecule has 0 radical (unpaired) electrons. The Labute approximate surface area is 550 Å². The summed E-state index contributed by atoms with van der Waals surface area (Å²) >= 11 is 2.15. The van der Waals surface area contributed by atoms with Crippen LogP contribution in [0.3, 0.4) is 0 Å². The van der Waals surface area contributed by atoms with Gasteiger partial charge in [0.2, 0.25) is 53.2 Å². The third kappa shape index (κ3) is 31.5. The highest BCUT2D eigenvalue weighted by Gasteiger charge is 2.35. The van der Waals surface area contributed by atoms with E-state index >= 15 is 0 Å². The fraction of sp³-hybridized carbons (Fsp3) is 0.587. The minimum Gasteiger partial charge on any atom is -0.481 e. The molecule has 3 rings (SSSR count). The normalized spacial score (nSPS) is 14.0. The summed E-state index contributed by atoms with van der Waals surface area (Å²) < 4.78 is 0.943. The monoisotopic (exact) mass is 1400 g/mol. The highest BCUT2D eigenvalue weighted by molar-refractivity contribution is 14.1. The molecule has 92 heavy (non-hydrogen) atoms. The first-order chi connectivity index (χ1) is 42.9. The molecule has 1 heterocycles. The van der Waals surface area contributed by atoms with Crippen molar-refractivity contribution >= 4 is 105 Å². The first kappa shape index (κ1) is 78.5. The Morgan fingerprint density at radius 1 is 0.467 bits per heavy atom. The molecule has 29 heteroatoms. The number of aromatic nitrogens is 1. The molecule has 6 atom stereocenters. The quantitative estimate of drug-likeness (QED) is 0.0360. The van der Waals surface area contributed by atoms with E-state index in [1.54, 1.807) is 61.6 Å². The van der Waals surface area contributed by atoms with Crippen molar-refractivity contribution in [1.82, 2.24) is 52.8 Å². The summed E-state index contributed by atoms with van der Waals surface area (Å²) in [5, 5.41) is 54.2. The average Bonchev–Trinajstić information content (AvgIpc) is 1.82. The van der Waals surface area contributed by atoms with Gasteiger partial charge in [0.05, 0.1) is 19.3 Å². The first-order valence-corrected chi connectivity index (χ1v) is 31.8. The van der Waals surface area contributed by atoms with Gasteiger partial charge in [0.1, 0.15) is 0 Å². The fourth-order valence-electron chi connectivity index (χ4n) is 10.7. The summed E-state index contributed by atoms with van der Waals surface area (Å²) in [4.78, 5) is 159. The van der Waals surface area contributed by atoms with Crippen molar-refractivity contribution in [3.05, 3.63) is 69.4 Å². The van der Waals surface area contributed by atoms with E-state index in [1.165, 1.54) is 0 Å². The summed E-state index contributed by atoms with van der Waals surface area (Å²) in [7, 11) is 0. The molecule has 0 saturated heterocycles. The Kier molecular flexibility index (Phi) is 31.6. The van der Waals surface area contributed by atoms with Crippen LogP contribution in [-0.2, 0) is 70.4 Å². The van der Waals surface area contributed by atoms with Gasteiger partial charge in [0.15, 0.2) is 0 Å². The molecular weight excluding hydrogens is 1310 g/mol. The number of hydrogen-bond acceptors (Lipinski definition) is 15. The molecule has 0 bridgehead atoms. The standard InChI is InChI=1S/C63H96IN13O15/c1-9-63(8,77-56(86)34-62(6,7)74-50(80)24-40(67)18-20-65)35-55(85)73-44(29-57(87)88)28-52(82)76-61(4,5)32-53(83)71-42(22-37-14-16-39(64)17-15-37)26-48(78)69-41(19-21-66)25-51(81)75-60(2,3)33-54(84)72-43(23-38-36-68-47-13-11-10-12-46(38)47)27-49(79)70-45(30-58(89)90)31-59(91)92/h10-17,36,40-45,68H,9,18-35,65-67H2,1-8H3,(H,69,78)(H,70,79)(H,71,83)(H,72,84)(H,73,85)(H,74,80)(H,75,81)(H,76,82)(H,77,86)(H,87,88)(H,89,90)(H,91,92)/t40-,41-,42?,43-,44-,63-/m0/s1. The number of benzene rings is 2. The SMILES string of the molecule is CC[C@@](C)(CC(=O)N[C@H](CC(=O)O)CC(=O)NC(C)(C)CC(=O)NC(CC(=O)N[C@@H](CCN)CC(=O)NC(C)(C)CC(=O)N[C@H](CC(=O)NC(CC(=O)O)CC(=O)O)Cc1c[nH]c2ccccc12)Cc1ccc(I)cc1)NC(=O)CC(C)(C)NC(=O)C[C@@H](N)CCN. The number of hydrogen-bond donors (Lipinski definition) is 16. The van der Waals surface area contributed by atoms with Gasteiger partial charge in [-0.25, -0.2) is 0 Å². The number of nitrogens with two attached hydrogens (primary N) is 3. The Hall–Kier alpha value is -7.77. The zero-order chi connectivity index (χ0) is 69.1. The molecule has 0 fully saturated rings. The zero-order valence-corrected chi connectivity index (χ0v) is 56.1. The number of halogens is 1. The van der Waals surface area contributed by atoms with Gasteiger partial charge in [-0.15, -0.1) is 0 Å². The van der Waals surface area contributed by atoms with Crippen molar-refractivity contribution < 1.29 is 72.9 Å². The second kappa shape index (κ2) is 37.1. The van der Waals surface area contributed by atoms with E-state index in [0.717, 1.165) is 25.6 Å². The molecule has 1 aromatic heterocycles. The molecule has 28 nitrogen and oxygen atoms in total. The number of carboxylic acids is 3. The molecule has 0 aliphatic rings. The summed E-state index contributed by atoms with van der Waals surface area (Å²) in [6, 6.07) is 9.50. The van der Waals surface area contributed by atoms with E-state index in [4.69, 9.17) is 17.2 Å². The number of H-pyrrole nitrogens is 1. The molecule has 19 N–H and O–H groups in total.